The van der Waals surface area contributed by atoms with Gasteiger partial charge in [0.1, 0.15) is 5.69 Å². The molecule has 1 N–H and O–H groups in total. The summed E-state index contributed by atoms with van der Waals surface area (Å²) in [4.78, 5) is 21.5. The molecule has 2 heterocycles. The summed E-state index contributed by atoms with van der Waals surface area (Å²) >= 11 is 0. The van der Waals surface area contributed by atoms with Crippen LogP contribution in [0.15, 0.2) is 24.5 Å². The summed E-state index contributed by atoms with van der Waals surface area (Å²) in [6.45, 7) is 31.2. The van der Waals surface area contributed by atoms with Crippen LogP contribution in [0.3, 0.4) is 0 Å². The molecule has 0 amide bonds. The Morgan fingerprint density at radius 1 is 0.545 bits per heavy atom. The molecule has 0 saturated heterocycles. The van der Waals surface area contributed by atoms with Gasteiger partial charge in [-0.1, -0.05) is 12.1 Å². The number of aliphatic hydroxyl groups excluding tert-OH is 1. The minimum Gasteiger partial charge on any atom is -0.392 e. The Morgan fingerprint density at radius 2 is 0.909 bits per heavy atom. The molecule has 0 saturated carbocycles. The van der Waals surface area contributed by atoms with Crippen molar-refractivity contribution in [3.63, 3.8) is 0 Å². The molecule has 5 heteroatoms. The van der Waals surface area contributed by atoms with Crippen LogP contribution >= 0.6 is 0 Å². The molecule has 0 fully saturated rings. The van der Waals surface area contributed by atoms with Crippen LogP contribution < -0.4 is 0 Å². The zero-order valence-corrected chi connectivity index (χ0v) is 31.1. The number of aryl methyl sites for hydroxylation is 5. The Labute approximate surface area is 278 Å². The van der Waals surface area contributed by atoms with E-state index in [4.69, 9.17) is 0 Å². The molecule has 4 aromatic rings. The van der Waals surface area contributed by atoms with E-state index in [0.29, 0.717) is 5.69 Å². The van der Waals surface area contributed by atoms with Crippen LogP contribution in [0.1, 0.15) is 105 Å². The fourth-order valence-electron chi connectivity index (χ4n) is 5.51. The molecule has 0 atom stereocenters. The number of nitrogens with zero attached hydrogens (tertiary/aromatic N) is 2. The van der Waals surface area contributed by atoms with Crippen LogP contribution in [0.5, 0.6) is 0 Å². The molecule has 0 unspecified atom stereocenters. The molecule has 0 aliphatic heterocycles. The number of hydrogen-bond acceptors (Lipinski definition) is 4. The smallest absolute Gasteiger partial charge is 0.212 e. The van der Waals surface area contributed by atoms with Crippen LogP contribution in [0, 0.1) is 104 Å². The number of rotatable bonds is 3. The van der Waals surface area contributed by atoms with Crippen molar-refractivity contribution in [2.45, 2.75) is 110 Å². The number of benzene rings is 2. The van der Waals surface area contributed by atoms with Crippen molar-refractivity contribution in [2.24, 2.45) is 0 Å². The average molecular weight is 632 g/mol. The van der Waals surface area contributed by atoms with Crippen molar-refractivity contribution < 1.29 is 28.5 Å². The number of carbonyl (C=O) groups is 1. The predicted molar refractivity (Wildman–Crippen MR) is 182 cm³/mol. The first-order valence-corrected chi connectivity index (χ1v) is 15.1. The summed E-state index contributed by atoms with van der Waals surface area (Å²) in [6, 6.07) is 4.15. The van der Waals surface area contributed by atoms with Crippen molar-refractivity contribution in [1.82, 2.24) is 9.97 Å². The van der Waals surface area contributed by atoms with Gasteiger partial charge in [0.2, 0.25) is 5.78 Å². The van der Waals surface area contributed by atoms with Crippen LogP contribution in [-0.2, 0) is 25.2 Å². The number of ketones is 1. The minimum atomic E-state index is 0. The summed E-state index contributed by atoms with van der Waals surface area (Å²) in [5.41, 5.74) is 20.4. The van der Waals surface area contributed by atoms with Crippen molar-refractivity contribution in [2.75, 3.05) is 0 Å². The van der Waals surface area contributed by atoms with Crippen molar-refractivity contribution in [3.8, 4) is 0 Å². The van der Waals surface area contributed by atoms with E-state index in [1.54, 1.807) is 6.20 Å². The molecular formula is C39H52N2O2V. The van der Waals surface area contributed by atoms with E-state index in [1.807, 2.05) is 46.9 Å². The minimum absolute atomic E-state index is 0. The van der Waals surface area contributed by atoms with Crippen LogP contribution in [0.2, 0.25) is 0 Å². The van der Waals surface area contributed by atoms with Gasteiger partial charge in [0.05, 0.1) is 6.61 Å². The largest absolute Gasteiger partial charge is 0.392 e. The maximum Gasteiger partial charge on any atom is 0.212 e. The van der Waals surface area contributed by atoms with E-state index in [0.717, 1.165) is 39.1 Å². The Hall–Kier alpha value is -3.05. The summed E-state index contributed by atoms with van der Waals surface area (Å²) < 4.78 is 0. The number of aromatic nitrogens is 2. The van der Waals surface area contributed by atoms with Gasteiger partial charge < -0.3 is 5.11 Å². The zero-order chi connectivity index (χ0) is 32.9. The standard InChI is InChI=1S/C19H23NO.C12H18O.C8H11N.V/c1-10-8-11(2)18(20-9-10)19(21)17-15(6)13(4)12(3)14(5)16(17)7;1-7-8(2)10(4)12(6-13)11(5)9(7)3;1-6-4-7(2)8(3)9-5-6;/h8-9H,1-7H3;13H,6H2,1-5H3;4-5H,1-3H3;. The Morgan fingerprint density at radius 3 is 1.27 bits per heavy atom. The topological polar surface area (TPSA) is 63.1 Å². The van der Waals surface area contributed by atoms with Crippen LogP contribution in [-0.4, -0.2) is 20.9 Å². The average Bonchev–Trinajstić information content (AvgIpc) is 2.96. The van der Waals surface area contributed by atoms with Crippen molar-refractivity contribution >= 4 is 5.78 Å². The zero-order valence-electron chi connectivity index (χ0n) is 29.7. The van der Waals surface area contributed by atoms with Gasteiger partial charge >= 0.3 is 0 Å². The van der Waals surface area contributed by atoms with E-state index in [-0.39, 0.29) is 30.9 Å². The second-order valence-electron chi connectivity index (χ2n) is 12.2. The Bertz CT molecular complexity index is 1610. The summed E-state index contributed by atoms with van der Waals surface area (Å²) in [5, 5.41) is 9.24. The predicted octanol–water partition coefficient (Wildman–Crippen LogP) is 9.20. The Balaban J connectivity index is 0.000000359. The van der Waals surface area contributed by atoms with Gasteiger partial charge in [0, 0.05) is 42.2 Å². The van der Waals surface area contributed by atoms with Gasteiger partial charge in [-0.05, 0) is 187 Å². The second kappa shape index (κ2) is 16.3. The maximum absolute atomic E-state index is 13.0. The normalized spacial score (nSPS) is 10.3. The fourth-order valence-corrected chi connectivity index (χ4v) is 5.51. The molecule has 0 aliphatic carbocycles. The molecule has 44 heavy (non-hydrogen) atoms. The van der Waals surface area contributed by atoms with Gasteiger partial charge in [-0.25, -0.2) is 0 Å². The molecule has 4 rings (SSSR count). The first-order valence-electron chi connectivity index (χ1n) is 15.1. The van der Waals surface area contributed by atoms with E-state index in [1.165, 1.54) is 55.6 Å². The fraction of sp³-hybridized carbons (Fsp3) is 0.410. The second-order valence-corrected chi connectivity index (χ2v) is 12.2. The molecule has 0 bridgehead atoms. The molecule has 1 radical (unpaired) electrons. The quantitative estimate of drug-likeness (QED) is 0.229. The molecule has 0 aliphatic rings. The first-order chi connectivity index (χ1) is 20.0. The molecule has 235 valence electrons. The van der Waals surface area contributed by atoms with Crippen LogP contribution in [0.4, 0.5) is 0 Å². The number of pyridine rings is 2. The Kier molecular flexibility index (Phi) is 14.5. The molecule has 0 spiro atoms. The third kappa shape index (κ3) is 8.56. The van der Waals surface area contributed by atoms with Gasteiger partial charge in [-0.3, -0.25) is 14.8 Å². The third-order valence-corrected chi connectivity index (χ3v) is 9.45. The number of aliphatic hydroxyl groups is 1. The SMILES string of the molecule is Cc1c(C)c(C)c(CO)c(C)c1C.Cc1cnc(C(=O)c2c(C)c(C)c(C)c(C)c2C)c(C)c1.Cc1cnc(C)c(C)c1.[V]. The van der Waals surface area contributed by atoms with Gasteiger partial charge in [-0.15, -0.1) is 0 Å². The van der Waals surface area contributed by atoms with Gasteiger partial charge in [-0.2, -0.15) is 0 Å². The molecule has 4 nitrogen and oxygen atoms in total. The summed E-state index contributed by atoms with van der Waals surface area (Å²) in [6.07, 6.45) is 3.65. The van der Waals surface area contributed by atoms with E-state index >= 15 is 0 Å². The van der Waals surface area contributed by atoms with Crippen molar-refractivity contribution in [3.05, 3.63) is 125 Å². The van der Waals surface area contributed by atoms with E-state index < -0.39 is 0 Å². The third-order valence-electron chi connectivity index (χ3n) is 9.45. The molecule has 2 aromatic heterocycles. The summed E-state index contributed by atoms with van der Waals surface area (Å²) in [7, 11) is 0. The maximum atomic E-state index is 13.0. The number of carbonyl (C=O) groups excluding carboxylic acids is 1. The number of hydrogen-bond donors (Lipinski definition) is 1. The van der Waals surface area contributed by atoms with Gasteiger partial charge in [0.15, 0.2) is 0 Å². The molecule has 2 aromatic carbocycles. The summed E-state index contributed by atoms with van der Waals surface area (Å²) in [5.74, 6) is 0.0358. The van der Waals surface area contributed by atoms with E-state index in [9.17, 15) is 9.90 Å². The monoisotopic (exact) mass is 631 g/mol. The van der Waals surface area contributed by atoms with E-state index in [2.05, 4.69) is 85.3 Å². The molecular weight excluding hydrogens is 579 g/mol. The first kappa shape index (κ1) is 39.0. The van der Waals surface area contributed by atoms with Crippen LogP contribution in [0.25, 0.3) is 0 Å². The van der Waals surface area contributed by atoms with Crippen molar-refractivity contribution in [1.29, 1.82) is 0 Å². The van der Waals surface area contributed by atoms with Gasteiger partial charge in [0.25, 0.3) is 0 Å².